The van der Waals surface area contributed by atoms with Crippen LogP contribution >= 0.6 is 0 Å². The van der Waals surface area contributed by atoms with Crippen molar-refractivity contribution in [2.45, 2.75) is 20.3 Å². The third kappa shape index (κ3) is 3.74. The number of carboxylic acid groups (broad SMARTS) is 1. The molecule has 4 nitrogen and oxygen atoms in total. The summed E-state index contributed by atoms with van der Waals surface area (Å²) >= 11 is 0. The highest BCUT2D eigenvalue weighted by Gasteiger charge is 2.23. The Labute approximate surface area is 109 Å². The van der Waals surface area contributed by atoms with Gasteiger partial charge in [-0.1, -0.05) is 13.8 Å². The first kappa shape index (κ1) is 15.1. The Morgan fingerprint density at radius 2 is 2.00 bits per heavy atom. The number of rotatable bonds is 5. The van der Waals surface area contributed by atoms with E-state index in [0.717, 1.165) is 23.1 Å². The normalized spacial score (nSPS) is 12.0. The molecule has 1 unspecified atom stereocenters. The van der Waals surface area contributed by atoms with Gasteiger partial charge < -0.3 is 10.0 Å². The largest absolute Gasteiger partial charge is 0.481 e. The van der Waals surface area contributed by atoms with Crippen LogP contribution in [0.3, 0.4) is 0 Å². The van der Waals surface area contributed by atoms with Gasteiger partial charge in [0.2, 0.25) is 5.91 Å². The molecule has 0 radical (unpaired) electrons. The minimum Gasteiger partial charge on any atom is -0.481 e. The first-order chi connectivity index (χ1) is 8.86. The maximum atomic E-state index is 13.7. The van der Waals surface area contributed by atoms with Crippen LogP contribution in [0, 0.1) is 17.6 Å². The first-order valence-corrected chi connectivity index (χ1v) is 5.85. The molecule has 0 saturated heterocycles. The van der Waals surface area contributed by atoms with Crippen LogP contribution in [0.25, 0.3) is 0 Å². The molecule has 0 bridgehead atoms. The quantitative estimate of drug-likeness (QED) is 0.894. The number of hydrogen-bond acceptors (Lipinski definition) is 2. The van der Waals surface area contributed by atoms with Gasteiger partial charge in [-0.3, -0.25) is 9.59 Å². The van der Waals surface area contributed by atoms with Gasteiger partial charge in [0, 0.05) is 19.0 Å². The van der Waals surface area contributed by atoms with E-state index in [9.17, 15) is 18.4 Å². The average molecular weight is 271 g/mol. The molecule has 104 valence electrons. The van der Waals surface area contributed by atoms with Crippen LogP contribution in [0.4, 0.5) is 14.5 Å². The van der Waals surface area contributed by atoms with E-state index in [-0.39, 0.29) is 18.7 Å². The van der Waals surface area contributed by atoms with Gasteiger partial charge in [0.05, 0.1) is 11.6 Å². The summed E-state index contributed by atoms with van der Waals surface area (Å²) in [5.41, 5.74) is -0.236. The highest BCUT2D eigenvalue weighted by Crippen LogP contribution is 2.22. The van der Waals surface area contributed by atoms with Crippen LogP contribution in [0.15, 0.2) is 18.2 Å². The number of halogens is 2. The van der Waals surface area contributed by atoms with Crippen molar-refractivity contribution in [2.24, 2.45) is 5.92 Å². The van der Waals surface area contributed by atoms with Gasteiger partial charge in [-0.15, -0.1) is 0 Å². The van der Waals surface area contributed by atoms with Gasteiger partial charge in [0.15, 0.2) is 0 Å². The Kier molecular flexibility index (Phi) is 4.97. The minimum absolute atomic E-state index is 0.0717. The van der Waals surface area contributed by atoms with Gasteiger partial charge in [0.1, 0.15) is 11.6 Å². The lowest BCUT2D eigenvalue weighted by atomic mass is 10.1. The van der Waals surface area contributed by atoms with E-state index in [2.05, 4.69) is 0 Å². The Bertz CT molecular complexity index is 491. The van der Waals surface area contributed by atoms with Gasteiger partial charge in [-0.25, -0.2) is 8.78 Å². The summed E-state index contributed by atoms with van der Waals surface area (Å²) < 4.78 is 26.8. The molecular formula is C13H15F2NO3. The predicted octanol–water partition coefficient (Wildman–Crippen LogP) is 2.43. The summed E-state index contributed by atoms with van der Waals surface area (Å²) in [5, 5.41) is 8.85. The van der Waals surface area contributed by atoms with Crippen molar-refractivity contribution in [3.8, 4) is 0 Å². The van der Waals surface area contributed by atoms with Crippen LogP contribution < -0.4 is 4.90 Å². The molecule has 1 aromatic carbocycles. The van der Waals surface area contributed by atoms with E-state index in [1.54, 1.807) is 6.92 Å². The Hall–Kier alpha value is -1.98. The van der Waals surface area contributed by atoms with E-state index in [4.69, 9.17) is 5.11 Å². The first-order valence-electron chi connectivity index (χ1n) is 5.85. The van der Waals surface area contributed by atoms with E-state index in [1.165, 1.54) is 6.92 Å². The second kappa shape index (κ2) is 6.26. The lowest BCUT2D eigenvalue weighted by molar-refractivity contribution is -0.140. The minimum atomic E-state index is -1.11. The molecule has 1 atom stereocenters. The maximum absolute atomic E-state index is 13.7. The van der Waals surface area contributed by atoms with Crippen molar-refractivity contribution in [3.05, 3.63) is 29.8 Å². The summed E-state index contributed by atoms with van der Waals surface area (Å²) in [7, 11) is 0. The van der Waals surface area contributed by atoms with Crippen LogP contribution in [-0.4, -0.2) is 23.5 Å². The third-order valence-corrected chi connectivity index (χ3v) is 2.68. The fourth-order valence-electron chi connectivity index (χ4n) is 1.57. The molecule has 1 amide bonds. The standard InChI is InChI=1S/C13H15F2NO3/c1-3-12(17)16(7-8(2)13(18)19)11-6-9(14)4-5-10(11)15/h4-6,8H,3,7H2,1-2H3,(H,18,19). The number of amides is 1. The van der Waals surface area contributed by atoms with Crippen LogP contribution in [-0.2, 0) is 9.59 Å². The van der Waals surface area contributed by atoms with E-state index in [1.807, 2.05) is 0 Å². The predicted molar refractivity (Wildman–Crippen MR) is 65.8 cm³/mol. The third-order valence-electron chi connectivity index (χ3n) is 2.68. The molecule has 0 saturated carbocycles. The van der Waals surface area contributed by atoms with E-state index in [0.29, 0.717) is 0 Å². The highest BCUT2D eigenvalue weighted by atomic mass is 19.1. The zero-order valence-electron chi connectivity index (χ0n) is 10.7. The van der Waals surface area contributed by atoms with Crippen molar-refractivity contribution in [3.63, 3.8) is 0 Å². The van der Waals surface area contributed by atoms with Crippen LogP contribution in [0.1, 0.15) is 20.3 Å². The second-order valence-corrected chi connectivity index (χ2v) is 4.19. The molecule has 19 heavy (non-hydrogen) atoms. The molecule has 1 rings (SSSR count). The molecule has 0 aliphatic rings. The lowest BCUT2D eigenvalue weighted by Gasteiger charge is -2.24. The molecule has 1 N–H and O–H groups in total. The number of carboxylic acids is 1. The van der Waals surface area contributed by atoms with Crippen LogP contribution in [0.2, 0.25) is 0 Å². The summed E-state index contributed by atoms with van der Waals surface area (Å²) in [5.74, 6) is -3.89. The van der Waals surface area contributed by atoms with Crippen molar-refractivity contribution >= 4 is 17.6 Å². The molecule has 6 heteroatoms. The SMILES string of the molecule is CCC(=O)N(CC(C)C(=O)O)c1cc(F)ccc1F. The number of nitrogens with zero attached hydrogens (tertiary/aromatic N) is 1. The van der Waals surface area contributed by atoms with Crippen molar-refractivity contribution < 1.29 is 23.5 Å². The van der Waals surface area contributed by atoms with Crippen molar-refractivity contribution in [1.29, 1.82) is 0 Å². The number of carbonyl (C=O) groups excluding carboxylic acids is 1. The maximum Gasteiger partial charge on any atom is 0.308 e. The summed E-state index contributed by atoms with van der Waals surface area (Å²) in [6, 6.07) is 2.73. The zero-order valence-corrected chi connectivity index (χ0v) is 10.7. The zero-order chi connectivity index (χ0) is 14.6. The Balaban J connectivity index is 3.13. The molecule has 0 aromatic heterocycles. The molecule has 1 aromatic rings. The molecular weight excluding hydrogens is 256 g/mol. The van der Waals surface area contributed by atoms with Gasteiger partial charge in [-0.2, -0.15) is 0 Å². The fraction of sp³-hybridized carbons (Fsp3) is 0.385. The molecule has 0 heterocycles. The average Bonchev–Trinajstić information content (AvgIpc) is 2.37. The lowest BCUT2D eigenvalue weighted by Crippen LogP contribution is -2.37. The molecule has 0 fully saturated rings. The Morgan fingerprint density at radius 3 is 2.53 bits per heavy atom. The van der Waals surface area contributed by atoms with E-state index < -0.39 is 29.4 Å². The number of anilines is 1. The summed E-state index contributed by atoms with van der Waals surface area (Å²) in [6.45, 7) is 2.76. The van der Waals surface area contributed by atoms with Crippen molar-refractivity contribution in [1.82, 2.24) is 0 Å². The highest BCUT2D eigenvalue weighted by molar-refractivity contribution is 5.93. The van der Waals surface area contributed by atoms with Gasteiger partial charge >= 0.3 is 5.97 Å². The van der Waals surface area contributed by atoms with Crippen LogP contribution in [0.5, 0.6) is 0 Å². The van der Waals surface area contributed by atoms with Crippen molar-refractivity contribution in [2.75, 3.05) is 11.4 Å². The number of hydrogen-bond donors (Lipinski definition) is 1. The summed E-state index contributed by atoms with van der Waals surface area (Å²) in [4.78, 5) is 23.6. The molecule has 0 spiro atoms. The molecule has 0 aliphatic carbocycles. The topological polar surface area (TPSA) is 57.6 Å². The van der Waals surface area contributed by atoms with E-state index >= 15 is 0 Å². The smallest absolute Gasteiger partial charge is 0.308 e. The number of aliphatic carboxylic acids is 1. The number of carbonyl (C=O) groups is 2. The summed E-state index contributed by atoms with van der Waals surface area (Å²) in [6.07, 6.45) is 0.0717. The second-order valence-electron chi connectivity index (χ2n) is 4.19. The monoisotopic (exact) mass is 271 g/mol. The molecule has 0 aliphatic heterocycles. The fourth-order valence-corrected chi connectivity index (χ4v) is 1.57. The number of benzene rings is 1. The Morgan fingerprint density at radius 1 is 1.37 bits per heavy atom. The van der Waals surface area contributed by atoms with Gasteiger partial charge in [-0.05, 0) is 12.1 Å². The van der Waals surface area contributed by atoms with Gasteiger partial charge in [0.25, 0.3) is 0 Å².